The molecule has 10 nitrogen and oxygen atoms in total. The van der Waals surface area contributed by atoms with Gasteiger partial charge in [0.25, 0.3) is 0 Å². The Balaban J connectivity index is 1.71. The van der Waals surface area contributed by atoms with E-state index in [2.05, 4.69) is 33.8 Å². The molecule has 3 rings (SSSR count). The van der Waals surface area contributed by atoms with Gasteiger partial charge in [0.15, 0.2) is 5.82 Å². The third-order valence-electron chi connectivity index (χ3n) is 5.55. The quantitative estimate of drug-likeness (QED) is 0.240. The average Bonchev–Trinajstić information content (AvgIpc) is 3.30. The Morgan fingerprint density at radius 2 is 1.61 bits per heavy atom. The first-order valence-corrected chi connectivity index (χ1v) is 16.8. The number of hydrogen-bond donors (Lipinski definition) is 0. The van der Waals surface area contributed by atoms with E-state index >= 15 is 0 Å². The number of carbonyl (C=O) groups excluding carboxylic acids is 1. The van der Waals surface area contributed by atoms with E-state index in [0.717, 1.165) is 23.1 Å². The van der Waals surface area contributed by atoms with Gasteiger partial charge in [-0.25, -0.2) is 28.1 Å². The Morgan fingerprint density at radius 3 is 2.16 bits per heavy atom. The van der Waals surface area contributed by atoms with Crippen molar-refractivity contribution in [2.75, 3.05) is 51.1 Å². The fourth-order valence-corrected chi connectivity index (χ4v) is 4.65. The maximum atomic E-state index is 12.3. The third kappa shape index (κ3) is 8.02. The number of carbonyl (C=O) groups is 1. The van der Waals surface area contributed by atoms with E-state index in [1.165, 1.54) is 11.8 Å². The predicted molar refractivity (Wildman–Crippen MR) is 149 cm³/mol. The highest BCUT2D eigenvalue weighted by Crippen LogP contribution is 2.33. The molecule has 0 saturated heterocycles. The number of pyridine rings is 1. The van der Waals surface area contributed by atoms with Gasteiger partial charge < -0.3 is 14.2 Å². The molecule has 0 spiro atoms. The van der Waals surface area contributed by atoms with Crippen molar-refractivity contribution in [3.05, 3.63) is 42.6 Å². The van der Waals surface area contributed by atoms with Crippen LogP contribution >= 0.6 is 10.0 Å². The molecule has 12 heteroatoms. The second-order valence-electron chi connectivity index (χ2n) is 10.4. The highest BCUT2D eigenvalue weighted by Gasteiger charge is 2.30. The standard InChI is InChI=1S/C26H36N4O6S2/c1-26(2,24(31)34-3)17-36-22-13-12-21(16-27-22)19-8-10-20(11-9-19)23-28-25(38(7,32)33)30(29-23)18-35-14-15-37(4,5)6/h8-13,16H,14-15,17-18H2,1-7H3. The Hall–Kier alpha value is -2.96. The van der Waals surface area contributed by atoms with Gasteiger partial charge in [-0.1, -0.05) is 24.3 Å². The fourth-order valence-electron chi connectivity index (χ4n) is 3.31. The SMILES string of the molecule is COC(=O)C(C)(C)COc1ccc(-c2ccc(-c3nc(S(C)(=O)=O)n(COCCS(C)(C)C)n3)cc2)cn1. The second-order valence-corrected chi connectivity index (χ2v) is 16.9. The summed E-state index contributed by atoms with van der Waals surface area (Å²) in [5.74, 6) is 1.26. The Bertz CT molecular complexity index is 1350. The van der Waals surface area contributed by atoms with Gasteiger partial charge in [-0.05, 0) is 44.2 Å². The molecule has 0 fully saturated rings. The molecule has 0 bridgehead atoms. The number of rotatable bonds is 12. The van der Waals surface area contributed by atoms with Crippen LogP contribution in [0, 0.1) is 5.41 Å². The van der Waals surface area contributed by atoms with E-state index in [-0.39, 0.29) is 24.5 Å². The molecule has 0 aliphatic rings. The van der Waals surface area contributed by atoms with Crippen LogP contribution in [-0.2, 0) is 30.8 Å². The number of benzene rings is 1. The minimum Gasteiger partial charge on any atom is -0.476 e. The molecule has 2 heterocycles. The molecule has 0 radical (unpaired) electrons. The lowest BCUT2D eigenvalue weighted by Crippen LogP contribution is -2.32. The second kappa shape index (κ2) is 11.8. The van der Waals surface area contributed by atoms with Gasteiger partial charge in [0, 0.05) is 35.4 Å². The number of sulfone groups is 1. The molecule has 208 valence electrons. The molecule has 0 atom stereocenters. The van der Waals surface area contributed by atoms with Gasteiger partial charge in [0.1, 0.15) is 13.3 Å². The molecule has 0 aliphatic heterocycles. The van der Waals surface area contributed by atoms with Gasteiger partial charge in [0.2, 0.25) is 20.9 Å². The van der Waals surface area contributed by atoms with Gasteiger partial charge >= 0.3 is 5.97 Å². The van der Waals surface area contributed by atoms with Crippen LogP contribution in [0.25, 0.3) is 22.5 Å². The van der Waals surface area contributed by atoms with E-state index in [9.17, 15) is 13.2 Å². The number of methoxy groups -OCH3 is 1. The first-order valence-electron chi connectivity index (χ1n) is 11.9. The lowest BCUT2D eigenvalue weighted by Gasteiger charge is -2.24. The highest BCUT2D eigenvalue weighted by atomic mass is 32.3. The van der Waals surface area contributed by atoms with Crippen LogP contribution in [0.3, 0.4) is 0 Å². The number of hydrogen-bond acceptors (Lipinski definition) is 9. The first-order chi connectivity index (χ1) is 17.7. The lowest BCUT2D eigenvalue weighted by atomic mass is 9.95. The summed E-state index contributed by atoms with van der Waals surface area (Å²) < 4.78 is 42.0. The zero-order valence-corrected chi connectivity index (χ0v) is 24.6. The summed E-state index contributed by atoms with van der Waals surface area (Å²) in [5.41, 5.74) is 1.65. The van der Waals surface area contributed by atoms with E-state index in [1.54, 1.807) is 26.1 Å². The van der Waals surface area contributed by atoms with Crippen LogP contribution in [0.15, 0.2) is 47.8 Å². The topological polar surface area (TPSA) is 123 Å². The molecule has 2 aromatic heterocycles. The number of esters is 1. The number of ether oxygens (including phenoxy) is 3. The van der Waals surface area contributed by atoms with Crippen LogP contribution in [-0.4, -0.2) is 85.2 Å². The summed E-state index contributed by atoms with van der Waals surface area (Å²) in [6, 6.07) is 11.0. The molecule has 0 unspecified atom stereocenters. The molecule has 3 aromatic rings. The summed E-state index contributed by atoms with van der Waals surface area (Å²) in [7, 11) is -2.96. The smallest absolute Gasteiger partial charge is 0.314 e. The van der Waals surface area contributed by atoms with Crippen molar-refractivity contribution in [3.8, 4) is 28.4 Å². The molecule has 0 aliphatic carbocycles. The molecule has 38 heavy (non-hydrogen) atoms. The first kappa shape index (κ1) is 29.6. The zero-order chi connectivity index (χ0) is 28.1. The molecule has 0 N–H and O–H groups in total. The van der Waals surface area contributed by atoms with Crippen molar-refractivity contribution >= 4 is 25.8 Å². The van der Waals surface area contributed by atoms with Gasteiger partial charge in [-0.3, -0.25) is 4.79 Å². The van der Waals surface area contributed by atoms with E-state index in [4.69, 9.17) is 14.2 Å². The molecule has 0 saturated carbocycles. The molecular weight excluding hydrogens is 528 g/mol. The molecule has 1 aromatic carbocycles. The van der Waals surface area contributed by atoms with Crippen molar-refractivity contribution in [1.29, 1.82) is 0 Å². The summed E-state index contributed by atoms with van der Waals surface area (Å²) >= 11 is 0. The van der Waals surface area contributed by atoms with Crippen LogP contribution in [0.2, 0.25) is 0 Å². The summed E-state index contributed by atoms with van der Waals surface area (Å²) in [6.07, 6.45) is 9.38. The monoisotopic (exact) mass is 564 g/mol. The zero-order valence-electron chi connectivity index (χ0n) is 22.9. The Labute approximate surface area is 226 Å². The van der Waals surface area contributed by atoms with Crippen molar-refractivity contribution < 1.29 is 27.4 Å². The van der Waals surface area contributed by atoms with E-state index < -0.39 is 25.3 Å². The van der Waals surface area contributed by atoms with E-state index in [1.807, 2.05) is 30.3 Å². The predicted octanol–water partition coefficient (Wildman–Crippen LogP) is 3.66. The summed E-state index contributed by atoms with van der Waals surface area (Å²) in [4.78, 5) is 20.4. The minimum atomic E-state index is -3.59. The van der Waals surface area contributed by atoms with Crippen LogP contribution in [0.5, 0.6) is 5.88 Å². The maximum Gasteiger partial charge on any atom is 0.314 e. The van der Waals surface area contributed by atoms with Gasteiger partial charge in [0.05, 0.1) is 19.1 Å². The molecule has 0 amide bonds. The lowest BCUT2D eigenvalue weighted by molar-refractivity contribution is -0.152. The van der Waals surface area contributed by atoms with Crippen molar-refractivity contribution in [1.82, 2.24) is 19.7 Å². The van der Waals surface area contributed by atoms with E-state index in [0.29, 0.717) is 23.9 Å². The van der Waals surface area contributed by atoms with Crippen LogP contribution in [0.4, 0.5) is 0 Å². The Kier molecular flexibility index (Phi) is 9.21. The largest absolute Gasteiger partial charge is 0.476 e. The minimum absolute atomic E-state index is 0.0138. The van der Waals surface area contributed by atoms with Crippen LogP contribution < -0.4 is 4.74 Å². The summed E-state index contributed by atoms with van der Waals surface area (Å²) in [5, 5.41) is 4.27. The fraction of sp³-hybridized carbons (Fsp3) is 0.462. The number of aromatic nitrogens is 4. The van der Waals surface area contributed by atoms with Crippen molar-refractivity contribution in [3.63, 3.8) is 0 Å². The average molecular weight is 565 g/mol. The Morgan fingerprint density at radius 1 is 0.974 bits per heavy atom. The van der Waals surface area contributed by atoms with Crippen LogP contribution in [0.1, 0.15) is 13.8 Å². The van der Waals surface area contributed by atoms with Crippen molar-refractivity contribution in [2.45, 2.75) is 25.7 Å². The maximum absolute atomic E-state index is 12.3. The van der Waals surface area contributed by atoms with Gasteiger partial charge in [-0.2, -0.15) is 4.98 Å². The summed E-state index contributed by atoms with van der Waals surface area (Å²) in [6.45, 7) is 4.16. The molecular formula is C26H36N4O6S2. The third-order valence-corrected chi connectivity index (χ3v) is 7.91. The highest BCUT2D eigenvalue weighted by molar-refractivity contribution is 8.32. The van der Waals surface area contributed by atoms with Crippen molar-refractivity contribution in [2.24, 2.45) is 5.41 Å². The van der Waals surface area contributed by atoms with Gasteiger partial charge in [-0.15, -0.1) is 5.10 Å². The normalized spacial score (nSPS) is 12.8. The number of nitrogens with zero attached hydrogens (tertiary/aromatic N) is 4.